The van der Waals surface area contributed by atoms with Gasteiger partial charge in [0, 0.05) is 37.9 Å². The highest BCUT2D eigenvalue weighted by Crippen LogP contribution is 2.30. The van der Waals surface area contributed by atoms with E-state index in [-0.39, 0.29) is 23.3 Å². The number of rotatable bonds is 6. The minimum Gasteiger partial charge on any atom is -0.487 e. The molecule has 3 rings (SSSR count). The molecule has 1 aromatic heterocycles. The van der Waals surface area contributed by atoms with Gasteiger partial charge in [0.25, 0.3) is 0 Å². The van der Waals surface area contributed by atoms with E-state index in [1.54, 1.807) is 12.4 Å². The van der Waals surface area contributed by atoms with Gasteiger partial charge in [-0.25, -0.2) is 9.97 Å². The van der Waals surface area contributed by atoms with Crippen molar-refractivity contribution in [1.29, 1.82) is 0 Å². The van der Waals surface area contributed by atoms with Gasteiger partial charge in [-0.05, 0) is 47.5 Å². The summed E-state index contributed by atoms with van der Waals surface area (Å²) in [5.41, 5.74) is 0.127. The highest BCUT2D eigenvalue weighted by Gasteiger charge is 2.35. The molecule has 160 valence electrons. The van der Waals surface area contributed by atoms with Gasteiger partial charge in [0.05, 0.1) is 36.8 Å². The summed E-state index contributed by atoms with van der Waals surface area (Å²) in [6.07, 6.45) is 6.70. The Bertz CT molecular complexity index is 713. The van der Waals surface area contributed by atoms with E-state index in [9.17, 15) is 0 Å². The largest absolute Gasteiger partial charge is 0.487 e. The first-order valence-corrected chi connectivity index (χ1v) is 10.6. The molecule has 0 bridgehead atoms. The molecule has 2 aliphatic rings. The van der Waals surface area contributed by atoms with Gasteiger partial charge in [0.2, 0.25) is 5.82 Å². The molecular formula is C23H35N3O3. The normalized spacial score (nSPS) is 23.0. The third kappa shape index (κ3) is 6.95. The Morgan fingerprint density at radius 3 is 2.24 bits per heavy atom. The lowest BCUT2D eigenvalue weighted by Gasteiger charge is -2.47. The molecule has 0 amide bonds. The molecule has 2 heterocycles. The van der Waals surface area contributed by atoms with Crippen molar-refractivity contribution in [2.75, 3.05) is 19.7 Å². The van der Waals surface area contributed by atoms with Gasteiger partial charge >= 0.3 is 0 Å². The second kappa shape index (κ2) is 8.99. The number of ether oxygens (including phenoxy) is 3. The van der Waals surface area contributed by atoms with Crippen molar-refractivity contribution in [1.82, 2.24) is 14.9 Å². The maximum absolute atomic E-state index is 5.93. The summed E-state index contributed by atoms with van der Waals surface area (Å²) >= 11 is 0. The molecule has 1 saturated heterocycles. The quantitative estimate of drug-likeness (QED) is 0.538. The van der Waals surface area contributed by atoms with Crippen molar-refractivity contribution >= 4 is 0 Å². The summed E-state index contributed by atoms with van der Waals surface area (Å²) in [4.78, 5) is 11.0. The Hall–Kier alpha value is -1.68. The van der Waals surface area contributed by atoms with Crippen molar-refractivity contribution < 1.29 is 14.2 Å². The van der Waals surface area contributed by atoms with Crippen LogP contribution in [0.1, 0.15) is 66.6 Å². The van der Waals surface area contributed by atoms with E-state index in [1.807, 2.05) is 0 Å². The molecule has 1 saturated carbocycles. The van der Waals surface area contributed by atoms with E-state index in [2.05, 4.69) is 68.3 Å². The van der Waals surface area contributed by atoms with Crippen molar-refractivity contribution in [2.24, 2.45) is 0 Å². The van der Waals surface area contributed by atoms with Gasteiger partial charge in [-0.3, -0.25) is 4.90 Å². The lowest BCUT2D eigenvalue weighted by atomic mass is 9.91. The van der Waals surface area contributed by atoms with Gasteiger partial charge in [0.15, 0.2) is 5.75 Å². The summed E-state index contributed by atoms with van der Waals surface area (Å²) in [5, 5.41) is 0. The van der Waals surface area contributed by atoms with Crippen molar-refractivity contribution in [2.45, 2.75) is 90.3 Å². The van der Waals surface area contributed by atoms with Crippen LogP contribution in [0.2, 0.25) is 0 Å². The molecule has 0 atom stereocenters. The molecule has 1 aromatic rings. The second-order valence-corrected chi connectivity index (χ2v) is 9.93. The fourth-order valence-corrected chi connectivity index (χ4v) is 3.35. The molecular weight excluding hydrogens is 366 g/mol. The van der Waals surface area contributed by atoms with Crippen molar-refractivity contribution in [3.8, 4) is 17.6 Å². The molecule has 2 fully saturated rings. The van der Waals surface area contributed by atoms with Crippen LogP contribution in [0.3, 0.4) is 0 Å². The standard InChI is InChI=1S/C23H35N3O3/c1-22(2,3)26-15-20(16-26)27-10-8-7-9-21-24-13-19(14-25-21)28-17-11-18(12-17)29-23(4,5)6/h13-14,17-18,20H,8,10-12,15-16H2,1-6H3. The maximum Gasteiger partial charge on any atom is 0.205 e. The number of aromatic nitrogens is 2. The third-order valence-electron chi connectivity index (χ3n) is 5.08. The molecule has 29 heavy (non-hydrogen) atoms. The van der Waals surface area contributed by atoms with Crippen LogP contribution in [0.4, 0.5) is 0 Å². The first-order chi connectivity index (χ1) is 13.6. The summed E-state index contributed by atoms with van der Waals surface area (Å²) < 4.78 is 17.7. The monoisotopic (exact) mass is 401 g/mol. The van der Waals surface area contributed by atoms with Crippen LogP contribution >= 0.6 is 0 Å². The Morgan fingerprint density at radius 1 is 1.00 bits per heavy atom. The zero-order chi connectivity index (χ0) is 21.1. The average molecular weight is 402 g/mol. The summed E-state index contributed by atoms with van der Waals surface area (Å²) in [6, 6.07) is 0. The van der Waals surface area contributed by atoms with Gasteiger partial charge in [-0.1, -0.05) is 5.92 Å². The topological polar surface area (TPSA) is 56.7 Å². The van der Waals surface area contributed by atoms with Gasteiger partial charge in [-0.15, -0.1) is 0 Å². The summed E-state index contributed by atoms with van der Waals surface area (Å²) in [6.45, 7) is 15.6. The number of hydrogen-bond acceptors (Lipinski definition) is 6. The molecule has 1 aliphatic heterocycles. The Balaban J connectivity index is 1.31. The van der Waals surface area contributed by atoms with E-state index in [0.29, 0.717) is 30.7 Å². The predicted molar refractivity (Wildman–Crippen MR) is 113 cm³/mol. The highest BCUT2D eigenvalue weighted by atomic mass is 16.5. The molecule has 0 aromatic carbocycles. The lowest BCUT2D eigenvalue weighted by Crippen LogP contribution is -2.59. The van der Waals surface area contributed by atoms with Crippen LogP contribution in [0.5, 0.6) is 5.75 Å². The van der Waals surface area contributed by atoms with Crippen LogP contribution in [-0.2, 0) is 9.47 Å². The minimum atomic E-state index is -0.102. The van der Waals surface area contributed by atoms with Crippen LogP contribution < -0.4 is 4.74 Å². The van der Waals surface area contributed by atoms with Crippen molar-refractivity contribution in [3.63, 3.8) is 0 Å². The molecule has 0 spiro atoms. The number of likely N-dealkylation sites (tertiary alicyclic amines) is 1. The zero-order valence-electron chi connectivity index (χ0n) is 18.7. The number of nitrogens with zero attached hydrogens (tertiary/aromatic N) is 3. The average Bonchev–Trinajstić information content (AvgIpc) is 2.53. The van der Waals surface area contributed by atoms with Crippen molar-refractivity contribution in [3.05, 3.63) is 18.2 Å². The molecule has 1 aliphatic carbocycles. The van der Waals surface area contributed by atoms with Gasteiger partial charge in [-0.2, -0.15) is 0 Å². The van der Waals surface area contributed by atoms with E-state index >= 15 is 0 Å². The smallest absolute Gasteiger partial charge is 0.205 e. The van der Waals surface area contributed by atoms with E-state index in [1.165, 1.54) is 0 Å². The summed E-state index contributed by atoms with van der Waals surface area (Å²) in [7, 11) is 0. The minimum absolute atomic E-state index is 0.102. The Labute approximate surface area is 175 Å². The first-order valence-electron chi connectivity index (χ1n) is 10.6. The van der Waals surface area contributed by atoms with Crippen LogP contribution in [0.15, 0.2) is 12.4 Å². The highest BCUT2D eigenvalue weighted by molar-refractivity contribution is 5.23. The van der Waals surface area contributed by atoms with Crippen LogP contribution in [0.25, 0.3) is 0 Å². The first kappa shape index (κ1) is 22.0. The fourth-order valence-electron chi connectivity index (χ4n) is 3.35. The lowest BCUT2D eigenvalue weighted by molar-refractivity contribution is -0.126. The molecule has 6 nitrogen and oxygen atoms in total. The van der Waals surface area contributed by atoms with E-state index < -0.39 is 0 Å². The fraction of sp³-hybridized carbons (Fsp3) is 0.739. The summed E-state index contributed by atoms with van der Waals surface area (Å²) in [5.74, 6) is 7.28. The Morgan fingerprint density at radius 2 is 1.66 bits per heavy atom. The zero-order valence-corrected chi connectivity index (χ0v) is 18.7. The number of hydrogen-bond donors (Lipinski definition) is 0. The predicted octanol–water partition coefficient (Wildman–Crippen LogP) is 3.44. The molecule has 0 N–H and O–H groups in total. The molecule has 0 unspecified atom stereocenters. The SMILES string of the molecule is CC(C)(C)OC1CC(Oc2cnc(C#CCCOC3CN(C(C)(C)C)C3)nc2)C1. The Kier molecular flexibility index (Phi) is 6.83. The third-order valence-corrected chi connectivity index (χ3v) is 5.08. The maximum atomic E-state index is 5.93. The molecule has 6 heteroatoms. The van der Waals surface area contributed by atoms with Gasteiger partial charge < -0.3 is 14.2 Å². The van der Waals surface area contributed by atoms with Crippen LogP contribution in [-0.4, -0.2) is 64.0 Å². The van der Waals surface area contributed by atoms with E-state index in [4.69, 9.17) is 14.2 Å². The molecule has 0 radical (unpaired) electrons. The second-order valence-electron chi connectivity index (χ2n) is 9.93. The van der Waals surface area contributed by atoms with Gasteiger partial charge in [0.1, 0.15) is 6.10 Å². The van der Waals surface area contributed by atoms with Crippen LogP contribution in [0, 0.1) is 11.8 Å². The van der Waals surface area contributed by atoms with E-state index in [0.717, 1.165) is 25.9 Å².